The van der Waals surface area contributed by atoms with E-state index in [2.05, 4.69) is 26.2 Å². The molecule has 0 aliphatic rings. The van der Waals surface area contributed by atoms with Crippen LogP contribution < -0.4 is 16.6 Å². The summed E-state index contributed by atoms with van der Waals surface area (Å²) < 4.78 is 0.325. The van der Waals surface area contributed by atoms with E-state index in [4.69, 9.17) is 5.73 Å². The van der Waals surface area contributed by atoms with Crippen molar-refractivity contribution in [2.45, 2.75) is 19.4 Å². The Morgan fingerprint density at radius 2 is 2.25 bits per heavy atom. The number of pyridine rings is 1. The van der Waals surface area contributed by atoms with Crippen LogP contribution in [0.1, 0.15) is 24.2 Å². The Labute approximate surface area is 102 Å². The third-order valence-electron chi connectivity index (χ3n) is 2.08. The van der Waals surface area contributed by atoms with Crippen molar-refractivity contribution in [3.05, 3.63) is 32.7 Å². The summed E-state index contributed by atoms with van der Waals surface area (Å²) in [6.45, 7) is 3.99. The molecule has 5 nitrogen and oxygen atoms in total. The summed E-state index contributed by atoms with van der Waals surface area (Å²) in [6, 6.07) is 1.47. The molecule has 0 fully saturated rings. The fourth-order valence-electron chi connectivity index (χ4n) is 1.02. The minimum absolute atomic E-state index is 0.269. The van der Waals surface area contributed by atoms with Gasteiger partial charge in [-0.05, 0) is 35.8 Å². The van der Waals surface area contributed by atoms with Gasteiger partial charge in [0.25, 0.3) is 11.5 Å². The molecule has 1 rings (SSSR count). The smallest absolute Gasteiger partial charge is 0.262 e. The van der Waals surface area contributed by atoms with Gasteiger partial charge in [-0.3, -0.25) is 9.59 Å². The van der Waals surface area contributed by atoms with E-state index in [1.54, 1.807) is 0 Å². The topological polar surface area (TPSA) is 88.0 Å². The summed E-state index contributed by atoms with van der Waals surface area (Å²) in [5.41, 5.74) is 5.15. The number of H-pyrrole nitrogens is 1. The first kappa shape index (κ1) is 12.9. The molecule has 6 heteroatoms. The molecule has 1 aromatic rings. The highest BCUT2D eigenvalue weighted by Gasteiger charge is 2.19. The van der Waals surface area contributed by atoms with Crippen LogP contribution in [0.25, 0.3) is 0 Å². The van der Waals surface area contributed by atoms with Crippen LogP contribution in [0.5, 0.6) is 0 Å². The average molecular weight is 288 g/mol. The molecule has 0 saturated carbocycles. The standard InChI is InChI=1S/C10H14BrN3O2/c1-10(2,5-12)14-8(15)6-3-7(11)9(16)13-4-6/h3-4H,5,12H2,1-2H3,(H,13,16)(H,14,15). The predicted molar refractivity (Wildman–Crippen MR) is 65.4 cm³/mol. The third-order valence-corrected chi connectivity index (χ3v) is 2.67. The molecule has 0 saturated heterocycles. The second kappa shape index (κ2) is 4.80. The number of halogens is 1. The zero-order chi connectivity index (χ0) is 12.3. The lowest BCUT2D eigenvalue weighted by molar-refractivity contribution is 0.0915. The molecule has 4 N–H and O–H groups in total. The van der Waals surface area contributed by atoms with E-state index in [1.807, 2.05) is 13.8 Å². The van der Waals surface area contributed by atoms with Gasteiger partial charge in [0, 0.05) is 18.3 Å². The molecule has 1 heterocycles. The van der Waals surface area contributed by atoms with Crippen molar-refractivity contribution < 1.29 is 4.79 Å². The molecule has 0 unspecified atom stereocenters. The molecular weight excluding hydrogens is 274 g/mol. The number of aromatic nitrogens is 1. The number of amides is 1. The first-order chi connectivity index (χ1) is 7.35. The van der Waals surface area contributed by atoms with Crippen LogP contribution in [0.4, 0.5) is 0 Å². The van der Waals surface area contributed by atoms with Crippen molar-refractivity contribution in [1.29, 1.82) is 0 Å². The fourth-order valence-corrected chi connectivity index (χ4v) is 1.38. The Kier molecular flexibility index (Phi) is 3.88. The van der Waals surface area contributed by atoms with Crippen molar-refractivity contribution in [2.24, 2.45) is 5.73 Å². The van der Waals surface area contributed by atoms with Crippen molar-refractivity contribution >= 4 is 21.8 Å². The minimum atomic E-state index is -0.473. The highest BCUT2D eigenvalue weighted by atomic mass is 79.9. The van der Waals surface area contributed by atoms with E-state index in [9.17, 15) is 9.59 Å². The van der Waals surface area contributed by atoms with Crippen molar-refractivity contribution in [3.8, 4) is 0 Å². The van der Waals surface area contributed by atoms with Crippen LogP contribution in [-0.2, 0) is 0 Å². The molecule has 0 spiro atoms. The second-order valence-electron chi connectivity index (χ2n) is 4.11. The highest BCUT2D eigenvalue weighted by molar-refractivity contribution is 9.10. The molecule has 0 radical (unpaired) electrons. The number of nitrogens with one attached hydrogen (secondary N) is 2. The fraction of sp³-hybridized carbons (Fsp3) is 0.400. The molecule has 16 heavy (non-hydrogen) atoms. The number of aromatic amines is 1. The van der Waals surface area contributed by atoms with E-state index in [0.717, 1.165) is 0 Å². The minimum Gasteiger partial charge on any atom is -0.346 e. The first-order valence-electron chi connectivity index (χ1n) is 4.76. The quantitative estimate of drug-likeness (QED) is 0.761. The van der Waals surface area contributed by atoms with Gasteiger partial charge < -0.3 is 16.0 Å². The number of nitrogens with two attached hydrogens (primary N) is 1. The zero-order valence-electron chi connectivity index (χ0n) is 9.13. The van der Waals surface area contributed by atoms with Gasteiger partial charge >= 0.3 is 0 Å². The Morgan fingerprint density at radius 1 is 1.62 bits per heavy atom. The average Bonchev–Trinajstić information content (AvgIpc) is 2.21. The number of carbonyl (C=O) groups excluding carboxylic acids is 1. The van der Waals surface area contributed by atoms with Crippen LogP contribution in [0.15, 0.2) is 21.5 Å². The molecular formula is C10H14BrN3O2. The monoisotopic (exact) mass is 287 g/mol. The van der Waals surface area contributed by atoms with E-state index in [1.165, 1.54) is 12.3 Å². The lowest BCUT2D eigenvalue weighted by atomic mass is 10.1. The lowest BCUT2D eigenvalue weighted by Gasteiger charge is -2.24. The van der Waals surface area contributed by atoms with Gasteiger partial charge in [-0.15, -0.1) is 0 Å². The number of hydrogen-bond donors (Lipinski definition) is 3. The van der Waals surface area contributed by atoms with E-state index < -0.39 is 5.54 Å². The summed E-state index contributed by atoms with van der Waals surface area (Å²) in [6.07, 6.45) is 1.37. The van der Waals surface area contributed by atoms with Gasteiger partial charge in [-0.25, -0.2) is 0 Å². The van der Waals surface area contributed by atoms with Crippen molar-refractivity contribution in [3.63, 3.8) is 0 Å². The summed E-state index contributed by atoms with van der Waals surface area (Å²) in [4.78, 5) is 25.3. The Bertz CT molecular complexity index is 454. The Hall–Kier alpha value is -1.14. The van der Waals surface area contributed by atoms with Gasteiger partial charge in [0.05, 0.1) is 10.0 Å². The van der Waals surface area contributed by atoms with Crippen LogP contribution in [0, 0.1) is 0 Å². The lowest BCUT2D eigenvalue weighted by Crippen LogP contribution is -2.48. The SMILES string of the molecule is CC(C)(CN)NC(=O)c1c[nH]c(=O)c(Br)c1. The number of carbonyl (C=O) groups is 1. The maximum absolute atomic E-state index is 11.8. The molecule has 88 valence electrons. The van der Waals surface area contributed by atoms with E-state index >= 15 is 0 Å². The third kappa shape index (κ3) is 3.18. The molecule has 0 atom stereocenters. The van der Waals surface area contributed by atoms with Gasteiger partial charge in [0.2, 0.25) is 0 Å². The molecule has 0 aromatic carbocycles. The molecule has 0 aliphatic carbocycles. The van der Waals surface area contributed by atoms with Crippen LogP contribution in [0.2, 0.25) is 0 Å². The molecule has 0 bridgehead atoms. The van der Waals surface area contributed by atoms with Crippen LogP contribution in [-0.4, -0.2) is 23.0 Å². The highest BCUT2D eigenvalue weighted by Crippen LogP contribution is 2.07. The Balaban J connectivity index is 2.89. The van der Waals surface area contributed by atoms with E-state index in [-0.39, 0.29) is 11.5 Å². The van der Waals surface area contributed by atoms with Crippen LogP contribution >= 0.6 is 15.9 Å². The number of hydrogen-bond acceptors (Lipinski definition) is 3. The molecule has 1 amide bonds. The van der Waals surface area contributed by atoms with Gasteiger partial charge in [0.15, 0.2) is 0 Å². The summed E-state index contributed by atoms with van der Waals surface area (Å²) in [5, 5.41) is 2.76. The summed E-state index contributed by atoms with van der Waals surface area (Å²) >= 11 is 3.06. The number of rotatable bonds is 3. The molecule has 1 aromatic heterocycles. The maximum atomic E-state index is 11.8. The van der Waals surface area contributed by atoms with Crippen molar-refractivity contribution in [2.75, 3.05) is 6.54 Å². The van der Waals surface area contributed by atoms with Gasteiger partial charge in [-0.1, -0.05) is 0 Å². The zero-order valence-corrected chi connectivity index (χ0v) is 10.7. The van der Waals surface area contributed by atoms with Gasteiger partial charge in [0.1, 0.15) is 0 Å². The largest absolute Gasteiger partial charge is 0.346 e. The summed E-state index contributed by atoms with van der Waals surface area (Å²) in [5.74, 6) is -0.271. The summed E-state index contributed by atoms with van der Waals surface area (Å²) in [7, 11) is 0. The second-order valence-corrected chi connectivity index (χ2v) is 4.96. The maximum Gasteiger partial charge on any atom is 0.262 e. The van der Waals surface area contributed by atoms with Crippen LogP contribution in [0.3, 0.4) is 0 Å². The normalized spacial score (nSPS) is 11.2. The van der Waals surface area contributed by atoms with Crippen molar-refractivity contribution in [1.82, 2.24) is 10.3 Å². The first-order valence-corrected chi connectivity index (χ1v) is 5.56. The predicted octanol–water partition coefficient (Wildman–Crippen LogP) is 0.604. The molecule has 0 aliphatic heterocycles. The Morgan fingerprint density at radius 3 is 2.75 bits per heavy atom. The van der Waals surface area contributed by atoms with Gasteiger partial charge in [-0.2, -0.15) is 0 Å². The van der Waals surface area contributed by atoms with E-state index in [0.29, 0.717) is 16.6 Å².